The normalized spacial score (nSPS) is 17.2. The number of nitrogens with one attached hydrogen (secondary N) is 3. The summed E-state index contributed by atoms with van der Waals surface area (Å²) in [6.45, 7) is 0.265. The Hall–Kier alpha value is -3.62. The minimum Gasteiger partial charge on any atom is -0.486 e. The van der Waals surface area contributed by atoms with Gasteiger partial charge in [0, 0.05) is 21.8 Å². The minimum absolute atomic E-state index is 0.168. The fraction of sp³-hybridized carbons (Fsp3) is 0.250. The van der Waals surface area contributed by atoms with Crippen LogP contribution >= 0.6 is 22.9 Å². The number of aromatic nitrogens is 1. The lowest BCUT2D eigenvalue weighted by atomic mass is 9.90. The average molecular weight is 535 g/mol. The van der Waals surface area contributed by atoms with Crippen molar-refractivity contribution in [2.75, 3.05) is 5.32 Å². The van der Waals surface area contributed by atoms with Gasteiger partial charge in [-0.15, -0.1) is 11.3 Å². The van der Waals surface area contributed by atoms with E-state index in [2.05, 4.69) is 20.9 Å². The van der Waals surface area contributed by atoms with Gasteiger partial charge in [0.1, 0.15) is 23.1 Å². The Labute approximate surface area is 224 Å². The first-order valence-electron chi connectivity index (χ1n) is 12.2. The number of hydrogen-bond acceptors (Lipinski definition) is 5. The second-order valence-corrected chi connectivity index (χ2v) is 10.3. The second kappa shape index (κ2) is 11.6. The van der Waals surface area contributed by atoms with Crippen LogP contribution in [0.15, 0.2) is 72.1 Å². The van der Waals surface area contributed by atoms with Crippen molar-refractivity contribution in [1.29, 1.82) is 0 Å². The zero-order valence-electron chi connectivity index (χ0n) is 20.1. The molecule has 5 rings (SSSR count). The van der Waals surface area contributed by atoms with Crippen LogP contribution in [0, 0.1) is 0 Å². The summed E-state index contributed by atoms with van der Waals surface area (Å²) in [5.74, 6) is 0.436. The molecule has 3 aromatic carbocycles. The van der Waals surface area contributed by atoms with E-state index in [1.54, 1.807) is 29.6 Å². The highest BCUT2D eigenvalue weighted by Gasteiger charge is 2.29. The number of rotatable bonds is 7. The number of urea groups is 1. The number of carbonyl (C=O) groups excluding carboxylic acids is 2. The monoisotopic (exact) mass is 534 g/mol. The van der Waals surface area contributed by atoms with E-state index in [0.717, 1.165) is 42.1 Å². The number of anilines is 1. The summed E-state index contributed by atoms with van der Waals surface area (Å²) in [6.07, 6.45) is 3.58. The first kappa shape index (κ1) is 25.0. The number of thiazole rings is 1. The van der Waals surface area contributed by atoms with Crippen LogP contribution in [0.25, 0.3) is 10.8 Å². The quantitative estimate of drug-likeness (QED) is 0.256. The topological polar surface area (TPSA) is 92.4 Å². The van der Waals surface area contributed by atoms with E-state index >= 15 is 0 Å². The number of ether oxygens (including phenoxy) is 1. The highest BCUT2D eigenvalue weighted by atomic mass is 35.5. The Balaban J connectivity index is 1.17. The summed E-state index contributed by atoms with van der Waals surface area (Å²) < 4.78 is 5.73. The van der Waals surface area contributed by atoms with Crippen LogP contribution < -0.4 is 20.7 Å². The fourth-order valence-corrected chi connectivity index (χ4v) is 5.35. The number of halogens is 1. The van der Waals surface area contributed by atoms with Gasteiger partial charge in [0.25, 0.3) is 5.91 Å². The SMILES string of the molecule is O=C(Nc1cccc2ccccc12)N[C@@H]1CCCC[C@H]1NC(=O)c1csc(COc2ccc(Cl)cc2)n1. The molecule has 0 unspecified atom stereocenters. The molecule has 7 nitrogen and oxygen atoms in total. The molecule has 2 atom stereocenters. The summed E-state index contributed by atoms with van der Waals surface area (Å²) in [6, 6.07) is 20.2. The summed E-state index contributed by atoms with van der Waals surface area (Å²) in [7, 11) is 0. The van der Waals surface area contributed by atoms with Crippen molar-refractivity contribution in [3.63, 3.8) is 0 Å². The van der Waals surface area contributed by atoms with Crippen molar-refractivity contribution in [1.82, 2.24) is 15.6 Å². The van der Waals surface area contributed by atoms with Crippen LogP contribution in [-0.2, 0) is 6.61 Å². The predicted octanol–water partition coefficient (Wildman–Crippen LogP) is 6.39. The predicted molar refractivity (Wildman–Crippen MR) is 148 cm³/mol. The molecule has 1 heterocycles. The molecule has 1 saturated carbocycles. The van der Waals surface area contributed by atoms with E-state index in [9.17, 15) is 9.59 Å². The molecule has 0 bridgehead atoms. The lowest BCUT2D eigenvalue weighted by molar-refractivity contribution is 0.0911. The van der Waals surface area contributed by atoms with Gasteiger partial charge in [-0.1, -0.05) is 60.8 Å². The molecule has 4 aromatic rings. The third-order valence-corrected chi connectivity index (χ3v) is 7.47. The van der Waals surface area contributed by atoms with Gasteiger partial charge in [-0.2, -0.15) is 0 Å². The summed E-state index contributed by atoms with van der Waals surface area (Å²) in [5.41, 5.74) is 1.10. The number of benzene rings is 3. The molecule has 0 spiro atoms. The maximum absolute atomic E-state index is 13.0. The third-order valence-electron chi connectivity index (χ3n) is 6.40. The largest absolute Gasteiger partial charge is 0.486 e. The second-order valence-electron chi connectivity index (χ2n) is 8.97. The van der Waals surface area contributed by atoms with Crippen molar-refractivity contribution in [2.24, 2.45) is 0 Å². The van der Waals surface area contributed by atoms with Gasteiger partial charge in [-0.05, 0) is 48.6 Å². The van der Waals surface area contributed by atoms with Crippen molar-refractivity contribution in [2.45, 2.75) is 44.4 Å². The van der Waals surface area contributed by atoms with Crippen LogP contribution in [0.5, 0.6) is 5.75 Å². The van der Waals surface area contributed by atoms with Crippen LogP contribution in [0.4, 0.5) is 10.5 Å². The molecule has 1 aromatic heterocycles. The first-order valence-corrected chi connectivity index (χ1v) is 13.5. The molecule has 3 amide bonds. The molecule has 1 aliphatic carbocycles. The van der Waals surface area contributed by atoms with E-state index in [1.165, 1.54) is 11.3 Å². The first-order chi connectivity index (χ1) is 18.0. The van der Waals surface area contributed by atoms with Gasteiger partial charge in [0.2, 0.25) is 0 Å². The number of nitrogens with zero attached hydrogens (tertiary/aromatic N) is 1. The van der Waals surface area contributed by atoms with E-state index < -0.39 is 0 Å². The zero-order chi connectivity index (χ0) is 25.6. The van der Waals surface area contributed by atoms with Gasteiger partial charge in [0.05, 0.1) is 11.7 Å². The summed E-state index contributed by atoms with van der Waals surface area (Å²) >= 11 is 7.28. The van der Waals surface area contributed by atoms with E-state index in [4.69, 9.17) is 16.3 Å². The Bertz CT molecular complexity index is 1390. The van der Waals surface area contributed by atoms with Crippen molar-refractivity contribution in [3.8, 4) is 5.75 Å². The molecule has 3 N–H and O–H groups in total. The summed E-state index contributed by atoms with van der Waals surface area (Å²) in [5, 5.41) is 14.2. The van der Waals surface area contributed by atoms with E-state index in [0.29, 0.717) is 21.5 Å². The molecule has 0 saturated heterocycles. The molecule has 1 fully saturated rings. The standard InChI is InChI=1S/C28H27ClN4O3S/c29-19-12-14-20(15-13-19)36-16-26-30-25(17-37-26)27(34)31-23-9-3-4-10-24(23)33-28(35)32-22-11-5-7-18-6-1-2-8-21(18)22/h1-2,5-8,11-15,17,23-24H,3-4,9-10,16H2,(H,31,34)(H2,32,33,35)/t23-,24-/m1/s1. The summed E-state index contributed by atoms with van der Waals surface area (Å²) in [4.78, 5) is 30.3. The maximum atomic E-state index is 13.0. The Morgan fingerprint density at radius 2 is 1.68 bits per heavy atom. The molecule has 37 heavy (non-hydrogen) atoms. The van der Waals surface area contributed by atoms with Crippen LogP contribution in [-0.4, -0.2) is 29.0 Å². The van der Waals surface area contributed by atoms with Gasteiger partial charge in [0.15, 0.2) is 0 Å². The Kier molecular flexibility index (Phi) is 7.87. The number of fused-ring (bicyclic) bond motifs is 1. The van der Waals surface area contributed by atoms with Gasteiger partial charge < -0.3 is 20.7 Å². The zero-order valence-corrected chi connectivity index (χ0v) is 21.6. The molecule has 9 heteroatoms. The highest BCUT2D eigenvalue weighted by molar-refractivity contribution is 7.09. The van der Waals surface area contributed by atoms with E-state index in [-0.39, 0.29) is 30.6 Å². The minimum atomic E-state index is -0.280. The van der Waals surface area contributed by atoms with Crippen molar-refractivity contribution < 1.29 is 14.3 Å². The number of amides is 3. The molecular formula is C28H27ClN4O3S. The highest BCUT2D eigenvalue weighted by Crippen LogP contribution is 2.24. The maximum Gasteiger partial charge on any atom is 0.319 e. The van der Waals surface area contributed by atoms with Crippen LogP contribution in [0.3, 0.4) is 0 Å². The third kappa shape index (κ3) is 6.39. The van der Waals surface area contributed by atoms with Gasteiger partial charge in [-0.25, -0.2) is 9.78 Å². The lowest BCUT2D eigenvalue weighted by Gasteiger charge is -2.32. The van der Waals surface area contributed by atoms with Gasteiger partial charge in [-0.3, -0.25) is 4.79 Å². The average Bonchev–Trinajstić information content (AvgIpc) is 3.39. The lowest BCUT2D eigenvalue weighted by Crippen LogP contribution is -2.54. The van der Waals surface area contributed by atoms with Crippen LogP contribution in [0.1, 0.15) is 41.2 Å². The Morgan fingerprint density at radius 3 is 2.49 bits per heavy atom. The smallest absolute Gasteiger partial charge is 0.319 e. The molecule has 1 aliphatic rings. The molecule has 190 valence electrons. The van der Waals surface area contributed by atoms with E-state index in [1.807, 2.05) is 42.5 Å². The fourth-order valence-electron chi connectivity index (χ4n) is 4.54. The van der Waals surface area contributed by atoms with Crippen molar-refractivity contribution in [3.05, 3.63) is 87.8 Å². The molecule has 0 radical (unpaired) electrons. The van der Waals surface area contributed by atoms with Gasteiger partial charge >= 0.3 is 6.03 Å². The van der Waals surface area contributed by atoms with Crippen LogP contribution in [0.2, 0.25) is 5.02 Å². The molecular weight excluding hydrogens is 508 g/mol. The molecule has 0 aliphatic heterocycles. The van der Waals surface area contributed by atoms with Crippen molar-refractivity contribution >= 4 is 51.3 Å². The Morgan fingerprint density at radius 1 is 0.946 bits per heavy atom. The number of hydrogen-bond donors (Lipinski definition) is 3. The number of carbonyl (C=O) groups is 2.